The molecular formula is C26H24F3N7O. The molecular weight excluding hydrogens is 483 g/mol. The third-order valence-corrected chi connectivity index (χ3v) is 7.34. The fraction of sp³-hybridized carbons (Fsp3) is 0.346. The molecule has 1 fully saturated rings. The van der Waals surface area contributed by atoms with E-state index in [9.17, 15) is 18.0 Å². The lowest BCUT2D eigenvalue weighted by atomic mass is 9.81. The van der Waals surface area contributed by atoms with Crippen LogP contribution < -0.4 is 0 Å². The third kappa shape index (κ3) is 4.03. The Morgan fingerprint density at radius 1 is 1.05 bits per heavy atom. The zero-order chi connectivity index (χ0) is 25.8. The Balaban J connectivity index is 1.33. The number of nitrogens with zero attached hydrogens (tertiary/aromatic N) is 7. The van der Waals surface area contributed by atoms with Gasteiger partial charge in [0.15, 0.2) is 23.2 Å². The molecule has 4 aromatic rings. The first-order valence-electron chi connectivity index (χ1n) is 12.1. The Labute approximate surface area is 210 Å². The van der Waals surface area contributed by atoms with Gasteiger partial charge in [-0.15, -0.1) is 10.2 Å². The van der Waals surface area contributed by atoms with Crippen LogP contribution in [-0.4, -0.2) is 52.8 Å². The molecule has 2 aliphatic heterocycles. The van der Waals surface area contributed by atoms with Crippen molar-refractivity contribution in [1.82, 2.24) is 34.4 Å². The van der Waals surface area contributed by atoms with E-state index in [1.54, 1.807) is 35.0 Å². The molecule has 0 aliphatic carbocycles. The van der Waals surface area contributed by atoms with Crippen LogP contribution >= 0.6 is 0 Å². The highest BCUT2D eigenvalue weighted by Gasteiger charge is 2.42. The minimum absolute atomic E-state index is 0.0652. The van der Waals surface area contributed by atoms with E-state index in [0.717, 1.165) is 48.3 Å². The number of hydrogen-bond acceptors (Lipinski definition) is 6. The van der Waals surface area contributed by atoms with Crippen LogP contribution in [0.25, 0.3) is 16.9 Å². The molecule has 1 aromatic carbocycles. The number of pyridine rings is 1. The lowest BCUT2D eigenvalue weighted by Crippen LogP contribution is -2.48. The van der Waals surface area contributed by atoms with Gasteiger partial charge in [-0.05, 0) is 56.9 Å². The van der Waals surface area contributed by atoms with Gasteiger partial charge < -0.3 is 0 Å². The highest BCUT2D eigenvalue weighted by Crippen LogP contribution is 2.44. The topological polar surface area (TPSA) is 81.7 Å². The number of carbonyl (C=O) groups excluding carboxylic acids is 1. The fourth-order valence-electron chi connectivity index (χ4n) is 5.75. The summed E-state index contributed by atoms with van der Waals surface area (Å²) in [6.07, 6.45) is 6.40. The molecule has 5 heterocycles. The normalized spacial score (nSPS) is 19.2. The molecule has 8 nitrogen and oxygen atoms in total. The van der Waals surface area contributed by atoms with Crippen LogP contribution in [0.5, 0.6) is 0 Å². The predicted molar refractivity (Wildman–Crippen MR) is 128 cm³/mol. The number of fused-ring (bicyclic) bond motifs is 4. The number of aryl methyl sites for hydroxylation is 2. The Hall–Kier alpha value is -3.86. The predicted octanol–water partition coefficient (Wildman–Crippen LogP) is 4.12. The summed E-state index contributed by atoms with van der Waals surface area (Å²) in [4.78, 5) is 20.1. The van der Waals surface area contributed by atoms with Crippen LogP contribution in [0.2, 0.25) is 0 Å². The van der Waals surface area contributed by atoms with Crippen molar-refractivity contribution in [1.29, 1.82) is 0 Å². The summed E-state index contributed by atoms with van der Waals surface area (Å²) in [5.74, 6) is -4.05. The second kappa shape index (κ2) is 8.91. The van der Waals surface area contributed by atoms with E-state index in [2.05, 4.69) is 20.1 Å². The van der Waals surface area contributed by atoms with Crippen molar-refractivity contribution >= 4 is 5.78 Å². The minimum atomic E-state index is -1.49. The summed E-state index contributed by atoms with van der Waals surface area (Å²) in [6, 6.07) is 5.58. The summed E-state index contributed by atoms with van der Waals surface area (Å²) in [5, 5.41) is 12.4. The second-order valence-corrected chi connectivity index (χ2v) is 9.71. The third-order valence-electron chi connectivity index (χ3n) is 7.34. The lowest BCUT2D eigenvalue weighted by Gasteiger charge is -2.45. The molecule has 6 rings (SSSR count). The van der Waals surface area contributed by atoms with Crippen LogP contribution in [0.4, 0.5) is 13.2 Å². The lowest BCUT2D eigenvalue weighted by molar-refractivity contribution is 0.0559. The number of aromatic nitrogens is 6. The molecule has 0 radical (unpaired) electrons. The highest BCUT2D eigenvalue weighted by molar-refractivity contribution is 5.96. The monoisotopic (exact) mass is 507 g/mol. The number of ketones is 1. The van der Waals surface area contributed by atoms with Gasteiger partial charge in [0.1, 0.15) is 18.3 Å². The maximum atomic E-state index is 14.0. The van der Waals surface area contributed by atoms with Crippen molar-refractivity contribution in [2.45, 2.75) is 44.7 Å². The van der Waals surface area contributed by atoms with E-state index in [4.69, 9.17) is 5.10 Å². The molecule has 0 amide bonds. The minimum Gasteiger partial charge on any atom is -0.291 e. The van der Waals surface area contributed by atoms with Crippen molar-refractivity contribution in [3.05, 3.63) is 77.0 Å². The van der Waals surface area contributed by atoms with Crippen LogP contribution in [0, 0.1) is 24.4 Å². The molecule has 3 aromatic heterocycles. The molecule has 11 heteroatoms. The average Bonchev–Trinajstić information content (AvgIpc) is 3.50. The number of rotatable bonds is 5. The largest absolute Gasteiger partial charge is 0.291 e. The molecule has 2 atom stereocenters. The zero-order valence-electron chi connectivity index (χ0n) is 20.3. The molecule has 37 heavy (non-hydrogen) atoms. The summed E-state index contributed by atoms with van der Waals surface area (Å²) in [6.45, 7) is 2.02. The number of benzene rings is 1. The second-order valence-electron chi connectivity index (χ2n) is 9.71. The summed E-state index contributed by atoms with van der Waals surface area (Å²) < 4.78 is 45.0. The molecule has 2 aliphatic rings. The molecule has 0 N–H and O–H groups in total. The zero-order valence-corrected chi connectivity index (χ0v) is 20.3. The molecule has 0 unspecified atom stereocenters. The molecule has 0 spiro atoms. The first-order valence-corrected chi connectivity index (χ1v) is 12.1. The first-order chi connectivity index (χ1) is 17.8. The van der Waals surface area contributed by atoms with E-state index >= 15 is 0 Å². The summed E-state index contributed by atoms with van der Waals surface area (Å²) >= 11 is 0. The van der Waals surface area contributed by atoms with Gasteiger partial charge in [0.25, 0.3) is 0 Å². The quantitative estimate of drug-likeness (QED) is 0.299. The van der Waals surface area contributed by atoms with Crippen molar-refractivity contribution in [2.75, 3.05) is 6.54 Å². The van der Waals surface area contributed by atoms with E-state index in [1.165, 1.54) is 0 Å². The van der Waals surface area contributed by atoms with Crippen molar-refractivity contribution in [3.8, 4) is 16.9 Å². The summed E-state index contributed by atoms with van der Waals surface area (Å²) in [5.41, 5.74) is 4.37. The fourth-order valence-corrected chi connectivity index (χ4v) is 5.75. The number of piperidine rings is 1. The van der Waals surface area contributed by atoms with E-state index < -0.39 is 17.5 Å². The van der Waals surface area contributed by atoms with Gasteiger partial charge >= 0.3 is 0 Å². The van der Waals surface area contributed by atoms with Gasteiger partial charge in [0.2, 0.25) is 0 Å². The number of Topliss-reactive ketones (excluding diaryl/α,β-unsaturated/α-hetero) is 1. The van der Waals surface area contributed by atoms with Gasteiger partial charge in [-0.2, -0.15) is 5.10 Å². The Kier molecular flexibility index (Phi) is 5.67. The van der Waals surface area contributed by atoms with Crippen LogP contribution in [0.1, 0.15) is 52.7 Å². The first kappa shape index (κ1) is 23.5. The van der Waals surface area contributed by atoms with Crippen molar-refractivity contribution < 1.29 is 18.0 Å². The van der Waals surface area contributed by atoms with Crippen LogP contribution in [0.15, 0.2) is 36.9 Å². The SMILES string of the molecule is Cc1cc(-n2cnnc2)cc(C(=O)CN2[C@H]3CCC[C@@H]2c2nn(C)c(-c4cc(F)c(F)c(F)c4)c2C3)n1. The molecule has 190 valence electrons. The maximum absolute atomic E-state index is 14.0. The van der Waals surface area contributed by atoms with Gasteiger partial charge in [0.05, 0.1) is 29.7 Å². The number of hydrogen-bond donors (Lipinski definition) is 0. The van der Waals surface area contributed by atoms with Gasteiger partial charge in [-0.1, -0.05) is 0 Å². The van der Waals surface area contributed by atoms with Crippen molar-refractivity contribution in [3.63, 3.8) is 0 Å². The van der Waals surface area contributed by atoms with Crippen molar-refractivity contribution in [2.24, 2.45) is 7.05 Å². The van der Waals surface area contributed by atoms with E-state index in [1.807, 2.05) is 13.0 Å². The smallest absolute Gasteiger partial charge is 0.195 e. The molecule has 2 bridgehead atoms. The van der Waals surface area contributed by atoms with Gasteiger partial charge in [-0.25, -0.2) is 18.2 Å². The number of carbonyl (C=O) groups is 1. The number of halogens is 3. The Morgan fingerprint density at radius 2 is 1.78 bits per heavy atom. The van der Waals surface area contributed by atoms with Crippen LogP contribution in [-0.2, 0) is 13.5 Å². The van der Waals surface area contributed by atoms with Crippen LogP contribution in [0.3, 0.4) is 0 Å². The highest BCUT2D eigenvalue weighted by atomic mass is 19.2. The van der Waals surface area contributed by atoms with E-state index in [-0.39, 0.29) is 30.0 Å². The Morgan fingerprint density at radius 3 is 2.51 bits per heavy atom. The van der Waals surface area contributed by atoms with E-state index in [0.29, 0.717) is 23.5 Å². The molecule has 0 saturated carbocycles. The van der Waals surface area contributed by atoms with Gasteiger partial charge in [0, 0.05) is 29.9 Å². The molecule has 1 saturated heterocycles. The standard InChI is InChI=1S/C26H24F3N7O/c1-14-6-17(35-12-30-31-13-35)10-21(32-14)23(37)11-36-16-4-3-5-22(36)25-18(9-16)26(34(2)33-25)15-7-19(27)24(29)20(28)8-15/h6-8,10,12-13,16,22H,3-5,9,11H2,1-2H3/t16-,22+/m0/s1. The van der Waals surface area contributed by atoms with Gasteiger partial charge in [-0.3, -0.25) is 18.9 Å². The average molecular weight is 508 g/mol. The Bertz CT molecular complexity index is 1490. The summed E-state index contributed by atoms with van der Waals surface area (Å²) in [7, 11) is 1.72. The maximum Gasteiger partial charge on any atom is 0.195 e.